The number of aryl methyl sites for hydroxylation is 1. The van der Waals surface area contributed by atoms with Gasteiger partial charge in [0.25, 0.3) is 0 Å². The van der Waals surface area contributed by atoms with Crippen molar-refractivity contribution in [1.29, 1.82) is 0 Å². The number of ether oxygens (including phenoxy) is 1. The predicted molar refractivity (Wildman–Crippen MR) is 136 cm³/mol. The van der Waals surface area contributed by atoms with Gasteiger partial charge >= 0.3 is 0 Å². The fraction of sp³-hybridized carbons (Fsp3) is 0.667. The highest BCUT2D eigenvalue weighted by molar-refractivity contribution is 14.0. The fourth-order valence-corrected chi connectivity index (χ4v) is 5.08. The largest absolute Gasteiger partial charge is 0.379 e. The highest BCUT2D eigenvalue weighted by Crippen LogP contribution is 2.25. The maximum atomic E-state index is 5.54. The molecule has 2 aromatic rings. The molecule has 0 aliphatic carbocycles. The summed E-state index contributed by atoms with van der Waals surface area (Å²) in [7, 11) is 1.83. The minimum absolute atomic E-state index is 0. The first-order valence-electron chi connectivity index (χ1n) is 11.1. The number of nitrogens with one attached hydrogen (secondary N) is 2. The molecule has 1 atom stereocenters. The number of guanidine groups is 1. The molecule has 10 heteroatoms. The summed E-state index contributed by atoms with van der Waals surface area (Å²) in [6.07, 6.45) is 5.63. The van der Waals surface area contributed by atoms with Gasteiger partial charge in [-0.25, -0.2) is 0 Å². The van der Waals surface area contributed by atoms with E-state index in [2.05, 4.69) is 52.8 Å². The third-order valence-electron chi connectivity index (χ3n) is 5.87. The van der Waals surface area contributed by atoms with Crippen molar-refractivity contribution in [3.8, 4) is 0 Å². The zero-order valence-corrected chi connectivity index (χ0v) is 21.4. The minimum atomic E-state index is 0. The van der Waals surface area contributed by atoms with Crippen LogP contribution in [-0.2, 0) is 24.1 Å². The van der Waals surface area contributed by atoms with Gasteiger partial charge in [0.2, 0.25) is 0 Å². The third kappa shape index (κ3) is 6.62. The van der Waals surface area contributed by atoms with Crippen molar-refractivity contribution in [2.45, 2.75) is 44.7 Å². The number of thiophene rings is 1. The van der Waals surface area contributed by atoms with E-state index in [1.165, 1.54) is 24.1 Å². The molecule has 4 rings (SSSR count). The molecule has 0 radical (unpaired) electrons. The zero-order valence-electron chi connectivity index (χ0n) is 18.3. The van der Waals surface area contributed by atoms with Crippen molar-refractivity contribution in [1.82, 2.24) is 30.3 Å². The van der Waals surface area contributed by atoms with Gasteiger partial charge in [-0.3, -0.25) is 9.89 Å². The molecule has 0 amide bonds. The molecular formula is C21H34IN7OS. The molecule has 0 aromatic carbocycles. The van der Waals surface area contributed by atoms with E-state index >= 15 is 0 Å². The lowest BCUT2D eigenvalue weighted by Gasteiger charge is -2.34. The number of aromatic nitrogens is 3. The lowest BCUT2D eigenvalue weighted by atomic mass is 10.2. The van der Waals surface area contributed by atoms with E-state index < -0.39 is 0 Å². The highest BCUT2D eigenvalue weighted by atomic mass is 127. The standard InChI is InChI=1S/C21H33N7OS.HI/c1-22-21(23-9-8-20-26-25-19-7-3-2-4-10-28(19)20)24-16-17(18-6-5-15-30-18)27-11-13-29-14-12-27;/h5-6,15,17H,2-4,7-14,16H2,1H3,(H2,22,23,24);1H. The normalized spacial score (nSPS) is 18.5. The van der Waals surface area contributed by atoms with E-state index in [0.29, 0.717) is 6.04 Å². The Labute approximate surface area is 205 Å². The second kappa shape index (κ2) is 12.7. The second-order valence-corrected chi connectivity index (χ2v) is 8.78. The molecule has 1 saturated heterocycles. The van der Waals surface area contributed by atoms with Crippen molar-refractivity contribution in [2.75, 3.05) is 46.4 Å². The Morgan fingerprint density at radius 3 is 2.84 bits per heavy atom. The highest BCUT2D eigenvalue weighted by Gasteiger charge is 2.23. The van der Waals surface area contributed by atoms with E-state index in [0.717, 1.165) is 76.4 Å². The Bertz CT molecular complexity index is 805. The number of hydrogen-bond acceptors (Lipinski definition) is 6. The fourth-order valence-electron chi connectivity index (χ4n) is 4.22. The number of aliphatic imine (C=N–C) groups is 1. The average Bonchev–Trinajstić information content (AvgIpc) is 3.38. The quantitative estimate of drug-likeness (QED) is 0.309. The van der Waals surface area contributed by atoms with Crippen molar-refractivity contribution >= 4 is 41.3 Å². The van der Waals surface area contributed by atoms with Crippen molar-refractivity contribution in [3.63, 3.8) is 0 Å². The van der Waals surface area contributed by atoms with E-state index in [-0.39, 0.29) is 24.0 Å². The van der Waals surface area contributed by atoms with Crippen LogP contribution < -0.4 is 10.6 Å². The Hall–Kier alpha value is -1.24. The molecule has 0 saturated carbocycles. The van der Waals surface area contributed by atoms with Gasteiger partial charge in [0.05, 0.1) is 19.3 Å². The smallest absolute Gasteiger partial charge is 0.191 e. The zero-order chi connectivity index (χ0) is 20.6. The molecule has 0 bridgehead atoms. The molecule has 1 unspecified atom stereocenters. The first-order chi connectivity index (χ1) is 14.8. The van der Waals surface area contributed by atoms with Gasteiger partial charge in [0.15, 0.2) is 5.96 Å². The first kappa shape index (κ1) is 24.4. The van der Waals surface area contributed by atoms with E-state index in [9.17, 15) is 0 Å². The van der Waals surface area contributed by atoms with Gasteiger partial charge in [0, 0.05) is 57.5 Å². The summed E-state index contributed by atoms with van der Waals surface area (Å²) >= 11 is 1.81. The lowest BCUT2D eigenvalue weighted by molar-refractivity contribution is 0.0177. The number of nitrogens with zero attached hydrogens (tertiary/aromatic N) is 5. The summed E-state index contributed by atoms with van der Waals surface area (Å²) in [5.74, 6) is 3.06. The summed E-state index contributed by atoms with van der Waals surface area (Å²) in [4.78, 5) is 8.30. The maximum absolute atomic E-state index is 5.54. The molecule has 2 aliphatic rings. The van der Waals surface area contributed by atoms with Crippen molar-refractivity contribution in [2.24, 2.45) is 4.99 Å². The summed E-state index contributed by atoms with van der Waals surface area (Å²) in [6, 6.07) is 4.68. The van der Waals surface area contributed by atoms with E-state index in [4.69, 9.17) is 4.74 Å². The van der Waals surface area contributed by atoms with Crippen LogP contribution in [-0.4, -0.2) is 72.1 Å². The van der Waals surface area contributed by atoms with Gasteiger partial charge < -0.3 is 19.9 Å². The number of halogens is 1. The molecule has 1 fully saturated rings. The number of fused-ring (bicyclic) bond motifs is 1. The van der Waals surface area contributed by atoms with Crippen molar-refractivity contribution < 1.29 is 4.74 Å². The summed E-state index contributed by atoms with van der Waals surface area (Å²) in [5, 5.41) is 18.0. The molecule has 172 valence electrons. The van der Waals surface area contributed by atoms with E-state index in [1.807, 2.05) is 18.4 Å². The molecule has 0 spiro atoms. The molecular weight excluding hydrogens is 525 g/mol. The van der Waals surface area contributed by atoms with Gasteiger partial charge in [-0.1, -0.05) is 12.5 Å². The van der Waals surface area contributed by atoms with Gasteiger partial charge in [-0.2, -0.15) is 0 Å². The van der Waals surface area contributed by atoms with Crippen LogP contribution in [0.25, 0.3) is 0 Å². The molecule has 4 heterocycles. The average molecular weight is 560 g/mol. The SMILES string of the molecule is CN=C(NCCc1nnc2n1CCCCC2)NCC(c1cccs1)N1CCOCC1.I. The van der Waals surface area contributed by atoms with Crippen LogP contribution in [0.5, 0.6) is 0 Å². The van der Waals surface area contributed by atoms with Gasteiger partial charge in [0.1, 0.15) is 11.6 Å². The molecule has 31 heavy (non-hydrogen) atoms. The summed E-state index contributed by atoms with van der Waals surface area (Å²) in [5.41, 5.74) is 0. The van der Waals surface area contributed by atoms with Crippen LogP contribution in [0.1, 0.15) is 41.8 Å². The Kier molecular flexibility index (Phi) is 10.0. The Balaban J connectivity index is 0.00000272. The maximum Gasteiger partial charge on any atom is 0.191 e. The summed E-state index contributed by atoms with van der Waals surface area (Å²) < 4.78 is 7.86. The van der Waals surface area contributed by atoms with Crippen LogP contribution in [0.2, 0.25) is 0 Å². The molecule has 2 N–H and O–H groups in total. The third-order valence-corrected chi connectivity index (χ3v) is 6.85. The number of morpholine rings is 1. The second-order valence-electron chi connectivity index (χ2n) is 7.80. The lowest BCUT2D eigenvalue weighted by Crippen LogP contribution is -2.46. The monoisotopic (exact) mass is 559 g/mol. The molecule has 2 aromatic heterocycles. The predicted octanol–water partition coefficient (Wildman–Crippen LogP) is 2.47. The number of hydrogen-bond donors (Lipinski definition) is 2. The Morgan fingerprint density at radius 1 is 1.19 bits per heavy atom. The van der Waals surface area contributed by atoms with E-state index in [1.54, 1.807) is 0 Å². The summed E-state index contributed by atoms with van der Waals surface area (Å²) in [6.45, 7) is 6.20. The number of rotatable bonds is 7. The van der Waals surface area contributed by atoms with Crippen LogP contribution in [0.4, 0.5) is 0 Å². The van der Waals surface area contributed by atoms with Crippen LogP contribution in [0, 0.1) is 0 Å². The van der Waals surface area contributed by atoms with Gasteiger partial charge in [-0.15, -0.1) is 45.5 Å². The van der Waals surface area contributed by atoms with Crippen LogP contribution in [0.3, 0.4) is 0 Å². The molecule has 8 nitrogen and oxygen atoms in total. The first-order valence-corrected chi connectivity index (χ1v) is 11.9. The van der Waals surface area contributed by atoms with Crippen LogP contribution >= 0.6 is 35.3 Å². The minimum Gasteiger partial charge on any atom is -0.379 e. The van der Waals surface area contributed by atoms with Crippen molar-refractivity contribution in [3.05, 3.63) is 34.0 Å². The van der Waals surface area contributed by atoms with Gasteiger partial charge in [-0.05, 0) is 24.3 Å². The Morgan fingerprint density at radius 2 is 2.06 bits per heavy atom. The molecule has 2 aliphatic heterocycles. The van der Waals surface area contributed by atoms with Crippen LogP contribution in [0.15, 0.2) is 22.5 Å². The topological polar surface area (TPSA) is 79.6 Å².